The summed E-state index contributed by atoms with van der Waals surface area (Å²) in [6.07, 6.45) is -2.17. The molecular formula is C14H11ClF2N2O5S. The molecule has 0 saturated heterocycles. The SMILES string of the molecule is CC1Cc2cc(S(=O)(=O)NC(=O)c3ocnc3C(F)F)cc(Cl)c2O1. The predicted molar refractivity (Wildman–Crippen MR) is 81.4 cm³/mol. The van der Waals surface area contributed by atoms with Gasteiger partial charge in [-0.05, 0) is 19.1 Å². The van der Waals surface area contributed by atoms with Crippen LogP contribution in [0.1, 0.15) is 35.2 Å². The molecular weight excluding hydrogens is 382 g/mol. The summed E-state index contributed by atoms with van der Waals surface area (Å²) in [6.45, 7) is 1.79. The highest BCUT2D eigenvalue weighted by Gasteiger charge is 2.30. The molecule has 1 aliphatic rings. The van der Waals surface area contributed by atoms with E-state index in [1.807, 2.05) is 0 Å². The number of halogens is 3. The number of benzene rings is 1. The molecule has 134 valence electrons. The van der Waals surface area contributed by atoms with Crippen LogP contribution in [0.5, 0.6) is 5.75 Å². The standard InChI is InChI=1S/C14H11ClF2N2O5S/c1-6-2-7-3-8(4-9(15)11(7)24-6)25(21,22)19-14(20)12-10(13(16)17)18-5-23-12/h3-6,13H,2H2,1H3,(H,19,20). The fraction of sp³-hybridized carbons (Fsp3) is 0.286. The van der Waals surface area contributed by atoms with Gasteiger partial charge in [0.15, 0.2) is 12.1 Å². The lowest BCUT2D eigenvalue weighted by molar-refractivity contribution is 0.0935. The number of amides is 1. The molecule has 0 radical (unpaired) electrons. The van der Waals surface area contributed by atoms with Gasteiger partial charge in [0.1, 0.15) is 11.9 Å². The van der Waals surface area contributed by atoms with E-state index in [1.165, 1.54) is 6.07 Å². The fourth-order valence-electron chi connectivity index (χ4n) is 2.42. The summed E-state index contributed by atoms with van der Waals surface area (Å²) in [4.78, 5) is 14.9. The van der Waals surface area contributed by atoms with Gasteiger partial charge in [0.05, 0.1) is 9.92 Å². The molecule has 2 heterocycles. The van der Waals surface area contributed by atoms with E-state index in [9.17, 15) is 22.0 Å². The second-order valence-corrected chi connectivity index (χ2v) is 7.42. The number of ether oxygens (including phenoxy) is 1. The highest BCUT2D eigenvalue weighted by molar-refractivity contribution is 7.90. The van der Waals surface area contributed by atoms with Crippen molar-refractivity contribution in [2.75, 3.05) is 0 Å². The molecule has 11 heteroatoms. The van der Waals surface area contributed by atoms with E-state index >= 15 is 0 Å². The first kappa shape index (κ1) is 17.6. The third-order valence-corrected chi connectivity index (χ3v) is 5.06. The maximum atomic E-state index is 12.7. The molecule has 0 aliphatic carbocycles. The van der Waals surface area contributed by atoms with Crippen LogP contribution in [0, 0.1) is 0 Å². The molecule has 1 aromatic heterocycles. The zero-order valence-corrected chi connectivity index (χ0v) is 14.2. The Bertz CT molecular complexity index is 945. The number of alkyl halides is 2. The van der Waals surface area contributed by atoms with Crippen molar-refractivity contribution in [1.29, 1.82) is 0 Å². The molecule has 2 aromatic rings. The Hall–Kier alpha value is -2.20. The quantitative estimate of drug-likeness (QED) is 0.859. The molecule has 0 bridgehead atoms. The topological polar surface area (TPSA) is 98.5 Å². The first-order valence-electron chi connectivity index (χ1n) is 6.97. The smallest absolute Gasteiger partial charge is 0.302 e. The number of nitrogens with zero attached hydrogens (tertiary/aromatic N) is 1. The van der Waals surface area contributed by atoms with E-state index in [0.717, 1.165) is 6.07 Å². The van der Waals surface area contributed by atoms with Gasteiger partial charge in [0, 0.05) is 12.0 Å². The van der Waals surface area contributed by atoms with E-state index < -0.39 is 33.8 Å². The number of carbonyl (C=O) groups is 1. The second kappa shape index (κ2) is 6.26. The van der Waals surface area contributed by atoms with Crippen LogP contribution in [0.3, 0.4) is 0 Å². The molecule has 0 saturated carbocycles. The molecule has 1 aromatic carbocycles. The summed E-state index contributed by atoms with van der Waals surface area (Å²) in [5, 5.41) is 0.0719. The summed E-state index contributed by atoms with van der Waals surface area (Å²) in [6, 6.07) is 2.43. The highest BCUT2D eigenvalue weighted by Crippen LogP contribution is 2.38. The monoisotopic (exact) mass is 392 g/mol. The molecule has 1 amide bonds. The Labute approximate surface area is 146 Å². The molecule has 25 heavy (non-hydrogen) atoms. The van der Waals surface area contributed by atoms with E-state index in [1.54, 1.807) is 11.6 Å². The first-order chi connectivity index (χ1) is 11.7. The van der Waals surface area contributed by atoms with Crippen LogP contribution in [0.4, 0.5) is 8.78 Å². The molecule has 1 atom stereocenters. The fourth-order valence-corrected chi connectivity index (χ4v) is 3.79. The van der Waals surface area contributed by atoms with Crippen molar-refractivity contribution in [3.8, 4) is 5.75 Å². The van der Waals surface area contributed by atoms with Gasteiger partial charge in [0.2, 0.25) is 5.76 Å². The lowest BCUT2D eigenvalue weighted by Crippen LogP contribution is -2.31. The van der Waals surface area contributed by atoms with E-state index in [2.05, 4.69) is 9.40 Å². The number of aromatic nitrogens is 1. The number of hydrogen-bond acceptors (Lipinski definition) is 6. The van der Waals surface area contributed by atoms with E-state index in [0.29, 0.717) is 24.1 Å². The summed E-state index contributed by atoms with van der Waals surface area (Å²) in [5.41, 5.74) is -0.373. The number of fused-ring (bicyclic) bond motifs is 1. The average Bonchev–Trinajstić information content (AvgIpc) is 3.12. The second-order valence-electron chi connectivity index (χ2n) is 5.33. The largest absolute Gasteiger partial charge is 0.489 e. The van der Waals surface area contributed by atoms with Crippen molar-refractivity contribution in [2.24, 2.45) is 0 Å². The van der Waals surface area contributed by atoms with Gasteiger partial charge >= 0.3 is 5.91 Å². The summed E-state index contributed by atoms with van der Waals surface area (Å²) in [5.74, 6) is -1.84. The predicted octanol–water partition coefficient (Wildman–Crippen LogP) is 2.71. The van der Waals surface area contributed by atoms with Crippen molar-refractivity contribution < 1.29 is 31.1 Å². The minimum Gasteiger partial charge on any atom is -0.489 e. The first-order valence-corrected chi connectivity index (χ1v) is 8.83. The summed E-state index contributed by atoms with van der Waals surface area (Å²) < 4.78 is 61.9. The molecule has 3 rings (SSSR count). The Kier molecular flexibility index (Phi) is 4.41. The third-order valence-electron chi connectivity index (χ3n) is 3.47. The summed E-state index contributed by atoms with van der Waals surface area (Å²) in [7, 11) is -4.36. The Morgan fingerprint density at radius 3 is 2.84 bits per heavy atom. The van der Waals surface area contributed by atoms with Crippen LogP contribution in [0.15, 0.2) is 27.8 Å². The van der Waals surface area contributed by atoms with Crippen molar-refractivity contribution in [3.63, 3.8) is 0 Å². The van der Waals surface area contributed by atoms with Crippen LogP contribution in [0.25, 0.3) is 0 Å². The number of oxazole rings is 1. The van der Waals surface area contributed by atoms with Gasteiger partial charge in [-0.25, -0.2) is 26.9 Å². The number of carbonyl (C=O) groups excluding carboxylic acids is 1. The molecule has 7 nitrogen and oxygen atoms in total. The summed E-state index contributed by atoms with van der Waals surface area (Å²) >= 11 is 6.02. The number of hydrogen-bond donors (Lipinski definition) is 1. The highest BCUT2D eigenvalue weighted by atomic mass is 35.5. The van der Waals surface area contributed by atoms with E-state index in [-0.39, 0.29) is 16.0 Å². The number of rotatable bonds is 4. The van der Waals surface area contributed by atoms with Crippen LogP contribution >= 0.6 is 11.6 Å². The van der Waals surface area contributed by atoms with Gasteiger partial charge in [-0.2, -0.15) is 0 Å². The molecule has 1 N–H and O–H groups in total. The van der Waals surface area contributed by atoms with Gasteiger partial charge in [0.25, 0.3) is 16.4 Å². The van der Waals surface area contributed by atoms with Gasteiger partial charge < -0.3 is 9.15 Å². The van der Waals surface area contributed by atoms with Crippen LogP contribution in [0.2, 0.25) is 5.02 Å². The zero-order chi connectivity index (χ0) is 18.4. The minimum absolute atomic E-state index is 0.0719. The number of nitrogens with one attached hydrogen (secondary N) is 1. The normalized spacial score (nSPS) is 16.6. The van der Waals surface area contributed by atoms with Gasteiger partial charge in [-0.1, -0.05) is 11.6 Å². The number of sulfonamides is 1. The van der Waals surface area contributed by atoms with Crippen LogP contribution in [-0.2, 0) is 16.4 Å². The lowest BCUT2D eigenvalue weighted by Gasteiger charge is -2.09. The van der Waals surface area contributed by atoms with Crippen LogP contribution in [-0.4, -0.2) is 25.4 Å². The Morgan fingerprint density at radius 1 is 1.44 bits per heavy atom. The minimum atomic E-state index is -4.36. The zero-order valence-electron chi connectivity index (χ0n) is 12.6. The Morgan fingerprint density at radius 2 is 2.16 bits per heavy atom. The maximum Gasteiger partial charge on any atom is 0.302 e. The molecule has 0 fully saturated rings. The van der Waals surface area contributed by atoms with Gasteiger partial charge in [-0.15, -0.1) is 0 Å². The average molecular weight is 393 g/mol. The molecule has 0 spiro atoms. The van der Waals surface area contributed by atoms with Gasteiger partial charge in [-0.3, -0.25) is 4.79 Å². The van der Waals surface area contributed by atoms with Crippen LogP contribution < -0.4 is 9.46 Å². The van der Waals surface area contributed by atoms with Crippen molar-refractivity contribution >= 4 is 27.5 Å². The van der Waals surface area contributed by atoms with Crippen molar-refractivity contribution in [3.05, 3.63) is 40.6 Å². The lowest BCUT2D eigenvalue weighted by atomic mass is 10.1. The molecule has 1 unspecified atom stereocenters. The maximum absolute atomic E-state index is 12.7. The third kappa shape index (κ3) is 3.31. The Balaban J connectivity index is 1.90. The van der Waals surface area contributed by atoms with E-state index in [4.69, 9.17) is 16.3 Å². The van der Waals surface area contributed by atoms with Crippen molar-refractivity contribution in [2.45, 2.75) is 30.8 Å². The molecule has 1 aliphatic heterocycles. The van der Waals surface area contributed by atoms with Crippen molar-refractivity contribution in [1.82, 2.24) is 9.71 Å².